The number of carboxylic acids is 1. The Morgan fingerprint density at radius 3 is 3.00 bits per heavy atom. The van der Waals surface area contributed by atoms with E-state index in [-0.39, 0.29) is 12.6 Å². The third-order valence-electron chi connectivity index (χ3n) is 2.19. The number of aromatic nitrogens is 2. The average Bonchev–Trinajstić information content (AvgIpc) is 2.97. The van der Waals surface area contributed by atoms with Gasteiger partial charge in [0.2, 0.25) is 0 Å². The minimum Gasteiger partial charge on any atom is -0.480 e. The number of nitrogens with one attached hydrogen (secondary N) is 2. The zero-order valence-electron chi connectivity index (χ0n) is 9.87. The number of rotatable bonds is 5. The molecule has 0 aliphatic rings. The first-order valence-corrected chi connectivity index (χ1v) is 6.33. The van der Waals surface area contributed by atoms with E-state index in [0.717, 1.165) is 4.88 Å². The van der Waals surface area contributed by atoms with Crippen molar-refractivity contribution in [3.8, 4) is 0 Å². The Morgan fingerprint density at radius 2 is 2.32 bits per heavy atom. The van der Waals surface area contributed by atoms with Gasteiger partial charge in [-0.1, -0.05) is 6.07 Å². The number of thiophene rings is 1. The van der Waals surface area contributed by atoms with Crippen LogP contribution in [0.3, 0.4) is 0 Å². The van der Waals surface area contributed by atoms with Crippen molar-refractivity contribution in [2.75, 3.05) is 5.32 Å². The molecular weight excluding hydrogens is 268 g/mol. The summed E-state index contributed by atoms with van der Waals surface area (Å²) in [7, 11) is 0. The van der Waals surface area contributed by atoms with Crippen LogP contribution >= 0.6 is 11.3 Å². The van der Waals surface area contributed by atoms with E-state index in [4.69, 9.17) is 5.11 Å². The van der Waals surface area contributed by atoms with E-state index >= 15 is 0 Å². The van der Waals surface area contributed by atoms with Gasteiger partial charge in [0.15, 0.2) is 0 Å². The Labute approximate surface area is 112 Å². The van der Waals surface area contributed by atoms with Crippen LogP contribution in [0.4, 0.5) is 10.5 Å². The highest BCUT2D eigenvalue weighted by atomic mass is 32.1. The van der Waals surface area contributed by atoms with E-state index in [1.54, 1.807) is 11.3 Å². The van der Waals surface area contributed by atoms with Crippen LogP contribution in [0.15, 0.2) is 29.9 Å². The molecule has 0 saturated heterocycles. The lowest BCUT2D eigenvalue weighted by Crippen LogP contribution is -2.27. The number of carbonyl (C=O) groups excluding carboxylic acids is 1. The molecule has 0 radical (unpaired) electrons. The van der Waals surface area contributed by atoms with Gasteiger partial charge in [-0.25, -0.2) is 4.79 Å². The van der Waals surface area contributed by atoms with Gasteiger partial charge in [-0.3, -0.25) is 9.48 Å². The maximum absolute atomic E-state index is 11.6. The smallest absolute Gasteiger partial charge is 0.325 e. The van der Waals surface area contributed by atoms with Crippen molar-refractivity contribution in [1.82, 2.24) is 15.1 Å². The van der Waals surface area contributed by atoms with Crippen molar-refractivity contribution < 1.29 is 14.7 Å². The fourth-order valence-electron chi connectivity index (χ4n) is 1.41. The van der Waals surface area contributed by atoms with E-state index < -0.39 is 5.97 Å². The second-order valence-corrected chi connectivity index (χ2v) is 4.74. The molecule has 19 heavy (non-hydrogen) atoms. The molecule has 0 spiro atoms. The molecule has 0 aliphatic carbocycles. The van der Waals surface area contributed by atoms with Gasteiger partial charge in [-0.2, -0.15) is 5.10 Å². The quantitative estimate of drug-likeness (QED) is 0.770. The zero-order chi connectivity index (χ0) is 13.7. The molecule has 0 fully saturated rings. The first-order valence-electron chi connectivity index (χ1n) is 5.45. The van der Waals surface area contributed by atoms with Crippen LogP contribution in [0.1, 0.15) is 4.88 Å². The van der Waals surface area contributed by atoms with Gasteiger partial charge in [-0.15, -0.1) is 11.3 Å². The summed E-state index contributed by atoms with van der Waals surface area (Å²) in [6.07, 6.45) is 2.85. The topological polar surface area (TPSA) is 96.2 Å². The fraction of sp³-hybridized carbons (Fsp3) is 0.182. The molecule has 2 amide bonds. The monoisotopic (exact) mass is 280 g/mol. The van der Waals surface area contributed by atoms with E-state index in [9.17, 15) is 9.59 Å². The first-order chi connectivity index (χ1) is 9.13. The van der Waals surface area contributed by atoms with E-state index in [1.807, 2.05) is 17.5 Å². The minimum atomic E-state index is -0.989. The second kappa shape index (κ2) is 6.01. The molecule has 0 unspecified atom stereocenters. The van der Waals surface area contributed by atoms with Gasteiger partial charge >= 0.3 is 12.0 Å². The maximum atomic E-state index is 11.6. The van der Waals surface area contributed by atoms with Gasteiger partial charge < -0.3 is 15.7 Å². The van der Waals surface area contributed by atoms with Crippen molar-refractivity contribution in [1.29, 1.82) is 0 Å². The van der Waals surface area contributed by atoms with Gasteiger partial charge in [-0.05, 0) is 11.4 Å². The van der Waals surface area contributed by atoms with Crippen LogP contribution in [0.25, 0.3) is 0 Å². The number of anilines is 1. The molecule has 3 N–H and O–H groups in total. The largest absolute Gasteiger partial charge is 0.480 e. The van der Waals surface area contributed by atoms with Crippen molar-refractivity contribution in [2.24, 2.45) is 0 Å². The number of amides is 2. The minimum absolute atomic E-state index is 0.238. The lowest BCUT2D eigenvalue weighted by Gasteiger charge is -2.04. The highest BCUT2D eigenvalue weighted by Gasteiger charge is 2.06. The van der Waals surface area contributed by atoms with E-state index in [1.165, 1.54) is 17.1 Å². The highest BCUT2D eigenvalue weighted by molar-refractivity contribution is 7.09. The van der Waals surface area contributed by atoms with Crippen molar-refractivity contribution >= 4 is 29.0 Å². The van der Waals surface area contributed by atoms with Gasteiger partial charge in [0.25, 0.3) is 0 Å². The van der Waals surface area contributed by atoms with E-state index in [0.29, 0.717) is 12.2 Å². The van der Waals surface area contributed by atoms with Crippen molar-refractivity contribution in [2.45, 2.75) is 13.1 Å². The molecule has 7 nitrogen and oxygen atoms in total. The average molecular weight is 280 g/mol. The number of urea groups is 1. The highest BCUT2D eigenvalue weighted by Crippen LogP contribution is 2.08. The number of nitrogens with zero attached hydrogens (tertiary/aromatic N) is 2. The summed E-state index contributed by atoms with van der Waals surface area (Å²) in [6, 6.07) is 3.48. The summed E-state index contributed by atoms with van der Waals surface area (Å²) in [5.74, 6) is -0.989. The van der Waals surface area contributed by atoms with Gasteiger partial charge in [0, 0.05) is 11.1 Å². The number of aliphatic carboxylic acids is 1. The molecule has 0 saturated carbocycles. The summed E-state index contributed by atoms with van der Waals surface area (Å²) < 4.78 is 1.23. The Balaban J connectivity index is 1.81. The maximum Gasteiger partial charge on any atom is 0.325 e. The summed E-state index contributed by atoms with van der Waals surface area (Å²) in [6.45, 7) is 0.214. The Hall–Kier alpha value is -2.35. The molecule has 2 heterocycles. The number of hydrogen-bond acceptors (Lipinski definition) is 4. The predicted octanol–water partition coefficient (Wildman–Crippen LogP) is 1.35. The van der Waals surface area contributed by atoms with Crippen LogP contribution < -0.4 is 10.6 Å². The molecule has 2 aromatic rings. The third-order valence-corrected chi connectivity index (χ3v) is 3.07. The molecule has 0 aliphatic heterocycles. The Morgan fingerprint density at radius 1 is 1.47 bits per heavy atom. The molecule has 100 valence electrons. The first kappa shape index (κ1) is 13.1. The molecule has 2 rings (SSSR count). The van der Waals surface area contributed by atoms with Crippen LogP contribution in [0.5, 0.6) is 0 Å². The normalized spacial score (nSPS) is 10.1. The van der Waals surface area contributed by atoms with Crippen LogP contribution in [-0.2, 0) is 17.9 Å². The molecular formula is C11H12N4O3S. The summed E-state index contributed by atoms with van der Waals surface area (Å²) in [5, 5.41) is 19.6. The summed E-state index contributed by atoms with van der Waals surface area (Å²) in [4.78, 5) is 23.1. The summed E-state index contributed by atoms with van der Waals surface area (Å²) in [5.41, 5.74) is 0.449. The number of carbonyl (C=O) groups is 2. The molecule has 0 bridgehead atoms. The lowest BCUT2D eigenvalue weighted by molar-refractivity contribution is -0.137. The Kier molecular flexibility index (Phi) is 4.14. The SMILES string of the molecule is O=C(O)Cn1cc(NC(=O)NCc2cccs2)cn1. The predicted molar refractivity (Wildman–Crippen MR) is 70.0 cm³/mol. The number of hydrogen-bond donors (Lipinski definition) is 3. The molecule has 0 atom stereocenters. The lowest BCUT2D eigenvalue weighted by atomic mass is 10.5. The van der Waals surface area contributed by atoms with Gasteiger partial charge in [0.1, 0.15) is 6.54 Å². The van der Waals surface area contributed by atoms with Crippen molar-refractivity contribution in [3.05, 3.63) is 34.8 Å². The molecule has 8 heteroatoms. The van der Waals surface area contributed by atoms with Crippen LogP contribution in [0, 0.1) is 0 Å². The molecule has 0 aromatic carbocycles. The van der Waals surface area contributed by atoms with Crippen LogP contribution in [0.2, 0.25) is 0 Å². The van der Waals surface area contributed by atoms with E-state index in [2.05, 4.69) is 15.7 Å². The van der Waals surface area contributed by atoms with Crippen molar-refractivity contribution in [3.63, 3.8) is 0 Å². The summed E-state index contributed by atoms with van der Waals surface area (Å²) >= 11 is 1.56. The zero-order valence-corrected chi connectivity index (χ0v) is 10.7. The van der Waals surface area contributed by atoms with Crippen LogP contribution in [-0.4, -0.2) is 26.9 Å². The Bertz CT molecular complexity index is 564. The standard InChI is InChI=1S/C11H12N4O3S/c16-10(17)7-15-6-8(4-13-15)14-11(18)12-5-9-2-1-3-19-9/h1-4,6H,5,7H2,(H,16,17)(H2,12,14,18). The fourth-order valence-corrected chi connectivity index (χ4v) is 2.05. The number of carboxylic acid groups (broad SMARTS) is 1. The van der Waals surface area contributed by atoms with Gasteiger partial charge in [0.05, 0.1) is 18.4 Å². The second-order valence-electron chi connectivity index (χ2n) is 3.71. The third kappa shape index (κ3) is 4.11. The molecule has 2 aromatic heterocycles.